The van der Waals surface area contributed by atoms with E-state index < -0.39 is 17.5 Å². The van der Waals surface area contributed by atoms with Crippen molar-refractivity contribution in [3.63, 3.8) is 0 Å². The van der Waals surface area contributed by atoms with E-state index in [4.69, 9.17) is 11.6 Å². The van der Waals surface area contributed by atoms with Gasteiger partial charge in [-0.2, -0.15) is 13.2 Å². The van der Waals surface area contributed by atoms with Gasteiger partial charge in [0.25, 0.3) is 5.78 Å². The molecule has 0 heterocycles. The van der Waals surface area contributed by atoms with Gasteiger partial charge in [-0.05, 0) is 43.1 Å². The molecule has 1 aromatic rings. The van der Waals surface area contributed by atoms with Gasteiger partial charge in [0.05, 0.1) is 0 Å². The van der Waals surface area contributed by atoms with Crippen LogP contribution in [-0.4, -0.2) is 18.1 Å². The number of aryl methyl sites for hydroxylation is 1. The lowest BCUT2D eigenvalue weighted by Gasteiger charge is -2.07. The maximum atomic E-state index is 12.1. The van der Waals surface area contributed by atoms with Gasteiger partial charge >= 0.3 is 6.18 Å². The van der Waals surface area contributed by atoms with Crippen molar-refractivity contribution in [3.8, 4) is 0 Å². The standard InChI is InChI=1S/C9H6ClF3O.C5H13P/c1-5-2-3-6(10)4-7(5)8(14)9(11,12)13;1-5(2)3-4-6/h2-4H,1H3;5H,3-4,6H2,1-2H3. The van der Waals surface area contributed by atoms with Crippen LogP contribution in [0.1, 0.15) is 36.2 Å². The number of hydrogen-bond donors (Lipinski definition) is 0. The van der Waals surface area contributed by atoms with Crippen molar-refractivity contribution in [2.24, 2.45) is 5.92 Å². The predicted molar refractivity (Wildman–Crippen MR) is 80.6 cm³/mol. The molecule has 6 heteroatoms. The van der Waals surface area contributed by atoms with Gasteiger partial charge in [0, 0.05) is 10.6 Å². The van der Waals surface area contributed by atoms with Crippen LogP contribution in [0.5, 0.6) is 0 Å². The molecule has 0 spiro atoms. The molecule has 1 rings (SSSR count). The van der Waals surface area contributed by atoms with Crippen LogP contribution >= 0.6 is 20.8 Å². The predicted octanol–water partition coefficient (Wildman–Crippen LogP) is 5.30. The minimum atomic E-state index is -4.85. The molecule has 0 saturated carbocycles. The van der Waals surface area contributed by atoms with Gasteiger partial charge in [-0.3, -0.25) is 4.79 Å². The lowest BCUT2D eigenvalue weighted by Crippen LogP contribution is -2.23. The largest absolute Gasteiger partial charge is 0.454 e. The summed E-state index contributed by atoms with van der Waals surface area (Å²) in [7, 11) is 2.72. The van der Waals surface area contributed by atoms with Gasteiger partial charge in [0.15, 0.2) is 0 Å². The van der Waals surface area contributed by atoms with Crippen LogP contribution in [-0.2, 0) is 0 Å². The molecular weight excluding hydrogens is 308 g/mol. The molecule has 0 aliphatic rings. The highest BCUT2D eigenvalue weighted by molar-refractivity contribution is 7.16. The fraction of sp³-hybridized carbons (Fsp3) is 0.500. The van der Waals surface area contributed by atoms with Gasteiger partial charge in [-0.25, -0.2) is 0 Å². The third-order valence-electron chi connectivity index (χ3n) is 2.45. The first-order valence-corrected chi connectivity index (χ1v) is 7.36. The minimum absolute atomic E-state index is 0.114. The highest BCUT2D eigenvalue weighted by Crippen LogP contribution is 2.25. The topological polar surface area (TPSA) is 17.1 Å². The third-order valence-corrected chi connectivity index (χ3v) is 3.01. The molecule has 0 aliphatic heterocycles. The van der Waals surface area contributed by atoms with Crippen molar-refractivity contribution in [1.29, 1.82) is 0 Å². The van der Waals surface area contributed by atoms with Crippen LogP contribution in [0.3, 0.4) is 0 Å². The van der Waals surface area contributed by atoms with Crippen LogP contribution in [0.15, 0.2) is 18.2 Å². The van der Waals surface area contributed by atoms with Crippen molar-refractivity contribution < 1.29 is 18.0 Å². The van der Waals surface area contributed by atoms with Crippen LogP contribution in [0.2, 0.25) is 5.02 Å². The van der Waals surface area contributed by atoms with E-state index in [9.17, 15) is 18.0 Å². The molecule has 1 aromatic carbocycles. The number of carbonyl (C=O) groups excluding carboxylic acids is 1. The summed E-state index contributed by atoms with van der Waals surface area (Å²) >= 11 is 5.49. The average molecular weight is 327 g/mol. The van der Waals surface area contributed by atoms with Crippen LogP contribution in [0.4, 0.5) is 13.2 Å². The zero-order valence-corrected chi connectivity index (χ0v) is 13.6. The Morgan fingerprint density at radius 1 is 1.35 bits per heavy atom. The zero-order valence-electron chi connectivity index (χ0n) is 11.7. The van der Waals surface area contributed by atoms with E-state index in [2.05, 4.69) is 23.1 Å². The summed E-state index contributed by atoms with van der Waals surface area (Å²) in [4.78, 5) is 10.9. The third kappa shape index (κ3) is 7.25. The van der Waals surface area contributed by atoms with E-state index in [1.807, 2.05) is 0 Å². The van der Waals surface area contributed by atoms with Gasteiger partial charge in [0.2, 0.25) is 0 Å². The molecule has 1 unspecified atom stereocenters. The Hall–Kier alpha value is -0.600. The molecule has 0 radical (unpaired) electrons. The summed E-state index contributed by atoms with van der Waals surface area (Å²) in [6.07, 6.45) is -2.27. The Morgan fingerprint density at radius 3 is 2.25 bits per heavy atom. The second-order valence-electron chi connectivity index (χ2n) is 4.76. The maximum Gasteiger partial charge on any atom is 0.454 e. The number of alkyl halides is 3. The molecule has 1 atom stereocenters. The van der Waals surface area contributed by atoms with E-state index in [0.717, 1.165) is 12.0 Å². The number of rotatable bonds is 3. The van der Waals surface area contributed by atoms with Gasteiger partial charge < -0.3 is 0 Å². The molecule has 0 bridgehead atoms. The average Bonchev–Trinajstić information content (AvgIpc) is 2.31. The number of Topliss-reactive ketones (excluding diaryl/α,β-unsaturated/α-hetero) is 1. The summed E-state index contributed by atoms with van der Waals surface area (Å²) in [6.45, 7) is 5.91. The molecule has 0 saturated heterocycles. The lowest BCUT2D eigenvalue weighted by atomic mass is 10.0. The number of carbonyl (C=O) groups is 1. The molecule has 20 heavy (non-hydrogen) atoms. The summed E-state index contributed by atoms with van der Waals surface area (Å²) in [6, 6.07) is 3.83. The normalized spacial score (nSPS) is 11.1. The van der Waals surface area contributed by atoms with Gasteiger partial charge in [-0.15, -0.1) is 9.24 Å². The summed E-state index contributed by atoms with van der Waals surface area (Å²) in [5, 5.41) is 0.114. The van der Waals surface area contributed by atoms with Crippen molar-refractivity contribution in [3.05, 3.63) is 34.3 Å². The molecule has 0 fully saturated rings. The van der Waals surface area contributed by atoms with Crippen LogP contribution in [0, 0.1) is 12.8 Å². The fourth-order valence-corrected chi connectivity index (χ4v) is 2.16. The molecule has 114 valence electrons. The van der Waals surface area contributed by atoms with Gasteiger partial charge in [-0.1, -0.05) is 31.5 Å². The second-order valence-corrected chi connectivity index (χ2v) is 5.77. The summed E-state index contributed by atoms with van der Waals surface area (Å²) in [5.74, 6) is -0.986. The highest BCUT2D eigenvalue weighted by atomic mass is 35.5. The number of benzene rings is 1. The van der Waals surface area contributed by atoms with E-state index in [1.54, 1.807) is 0 Å². The quantitative estimate of drug-likeness (QED) is 0.544. The van der Waals surface area contributed by atoms with Crippen molar-refractivity contribution in [2.75, 3.05) is 6.16 Å². The van der Waals surface area contributed by atoms with E-state index in [-0.39, 0.29) is 10.6 Å². The van der Waals surface area contributed by atoms with E-state index >= 15 is 0 Å². The minimum Gasteiger partial charge on any atom is -0.284 e. The first kappa shape index (κ1) is 19.4. The SMILES string of the molecule is CC(C)CCP.Cc1ccc(Cl)cc1C(=O)C(F)(F)F. The lowest BCUT2D eigenvalue weighted by molar-refractivity contribution is -0.0885. The van der Waals surface area contributed by atoms with E-state index in [0.29, 0.717) is 0 Å². The monoisotopic (exact) mass is 326 g/mol. The fourth-order valence-electron chi connectivity index (χ4n) is 1.32. The highest BCUT2D eigenvalue weighted by Gasteiger charge is 2.39. The molecule has 0 amide bonds. The molecule has 0 N–H and O–H groups in total. The first-order chi connectivity index (χ1) is 9.09. The Balaban J connectivity index is 0.000000511. The van der Waals surface area contributed by atoms with Gasteiger partial charge in [0.1, 0.15) is 0 Å². The Bertz CT molecular complexity index is 445. The maximum absolute atomic E-state index is 12.1. The number of halogens is 4. The van der Waals surface area contributed by atoms with Crippen LogP contribution < -0.4 is 0 Å². The first-order valence-electron chi connectivity index (χ1n) is 6.17. The number of hydrogen-bond acceptors (Lipinski definition) is 1. The Kier molecular flexibility index (Phi) is 8.38. The van der Waals surface area contributed by atoms with Crippen molar-refractivity contribution >= 4 is 26.6 Å². The Morgan fingerprint density at radius 2 is 1.90 bits per heavy atom. The van der Waals surface area contributed by atoms with E-state index in [1.165, 1.54) is 31.6 Å². The summed E-state index contributed by atoms with van der Waals surface area (Å²) < 4.78 is 36.2. The van der Waals surface area contributed by atoms with Crippen molar-refractivity contribution in [1.82, 2.24) is 0 Å². The summed E-state index contributed by atoms with van der Waals surface area (Å²) in [5.41, 5.74) is -0.137. The molecular formula is C14H19ClF3OP. The molecule has 1 nitrogen and oxygen atoms in total. The zero-order chi connectivity index (χ0) is 15.9. The van der Waals surface area contributed by atoms with Crippen molar-refractivity contribution in [2.45, 2.75) is 33.4 Å². The second kappa shape index (κ2) is 8.63. The smallest absolute Gasteiger partial charge is 0.284 e. The molecule has 0 aromatic heterocycles. The molecule has 0 aliphatic carbocycles. The Labute approximate surface area is 125 Å². The van der Waals surface area contributed by atoms with Crippen LogP contribution in [0.25, 0.3) is 0 Å². The number of ketones is 1.